The first-order chi connectivity index (χ1) is 20.2. The minimum Gasteiger partial charge on any atom is -0.398 e. The fourth-order valence-corrected chi connectivity index (χ4v) is 7.10. The number of rotatable bonds is 16. The number of allylic oxidation sites excluding steroid dienone is 4. The average molecular weight is 654 g/mol. The lowest BCUT2D eigenvalue weighted by Gasteiger charge is -2.23. The van der Waals surface area contributed by atoms with Crippen LogP contribution in [0.4, 0.5) is 5.69 Å². The van der Waals surface area contributed by atoms with Crippen LogP contribution in [0.2, 0.25) is 0 Å². The van der Waals surface area contributed by atoms with E-state index in [-0.39, 0.29) is 11.9 Å². The molecule has 2 aromatic rings. The molecule has 1 saturated carbocycles. The van der Waals surface area contributed by atoms with Gasteiger partial charge in [0.1, 0.15) is 11.5 Å². The summed E-state index contributed by atoms with van der Waals surface area (Å²) in [7, 11) is 3.75. The summed E-state index contributed by atoms with van der Waals surface area (Å²) in [6.45, 7) is 5.88. The van der Waals surface area contributed by atoms with E-state index < -0.39 is 0 Å². The summed E-state index contributed by atoms with van der Waals surface area (Å²) < 4.78 is 10.6. The molecule has 1 fully saturated rings. The molecular formula is C30H42Cl2N6O2S2. The van der Waals surface area contributed by atoms with E-state index in [9.17, 15) is 4.79 Å². The molecule has 42 heavy (non-hydrogen) atoms. The quantitative estimate of drug-likeness (QED) is 0.0876. The van der Waals surface area contributed by atoms with Crippen LogP contribution in [0.25, 0.3) is 5.57 Å². The van der Waals surface area contributed by atoms with Crippen molar-refractivity contribution in [2.75, 3.05) is 32.1 Å². The van der Waals surface area contributed by atoms with Crippen LogP contribution in [0.15, 0.2) is 43.8 Å². The molecule has 4 rings (SSSR count). The Kier molecular flexibility index (Phi) is 12.6. The van der Waals surface area contributed by atoms with Crippen molar-refractivity contribution >= 4 is 64.3 Å². The number of carbonyl (C=O) groups is 1. The van der Waals surface area contributed by atoms with Gasteiger partial charge in [0.2, 0.25) is 0 Å². The van der Waals surface area contributed by atoms with Crippen LogP contribution in [-0.2, 0) is 6.54 Å². The van der Waals surface area contributed by atoms with E-state index in [0.29, 0.717) is 34.8 Å². The summed E-state index contributed by atoms with van der Waals surface area (Å²) in [5.41, 5.74) is 10.2. The van der Waals surface area contributed by atoms with Crippen molar-refractivity contribution < 1.29 is 9.32 Å². The molecule has 0 bridgehead atoms. The minimum atomic E-state index is -0.145. The fraction of sp³-hybridized carbons (Fsp3) is 0.533. The lowest BCUT2D eigenvalue weighted by atomic mass is 9.98. The standard InChI is InChI=1S/C30H42Cl2N6O2S2/c1-5-34-18(2)15-21(13-14-41-26-16-20(11-12-25(26)33)30(39)37-42-38(3)4)35-17-22-28(36-40-29(22)19-9-10-19)27-23(31)7-6-8-24(27)32/h7,11-12,16,18-19,21,34-35H,5-6,8-10,13-15,17,33H2,1-4H3,(H,37,39). The molecule has 0 aliphatic heterocycles. The summed E-state index contributed by atoms with van der Waals surface area (Å²) in [6, 6.07) is 6.02. The van der Waals surface area contributed by atoms with Gasteiger partial charge in [-0.3, -0.25) is 9.52 Å². The molecule has 2 aliphatic carbocycles. The van der Waals surface area contributed by atoms with Crippen LogP contribution in [0.3, 0.4) is 0 Å². The fourth-order valence-electron chi connectivity index (χ4n) is 4.99. The van der Waals surface area contributed by atoms with Gasteiger partial charge in [-0.05, 0) is 90.0 Å². The van der Waals surface area contributed by atoms with Gasteiger partial charge in [-0.15, -0.1) is 11.8 Å². The predicted octanol–water partition coefficient (Wildman–Crippen LogP) is 6.88. The number of halogens is 2. The van der Waals surface area contributed by atoms with Crippen LogP contribution >= 0.6 is 47.1 Å². The third-order valence-electron chi connectivity index (χ3n) is 7.28. The Morgan fingerprint density at radius 2 is 2.05 bits per heavy atom. The molecule has 1 aromatic heterocycles. The maximum atomic E-state index is 12.6. The topological polar surface area (TPSA) is 108 Å². The first kappa shape index (κ1) is 33.2. The molecule has 8 nitrogen and oxygen atoms in total. The van der Waals surface area contributed by atoms with Gasteiger partial charge in [0, 0.05) is 74.0 Å². The third kappa shape index (κ3) is 9.17. The highest BCUT2D eigenvalue weighted by atomic mass is 35.5. The van der Waals surface area contributed by atoms with Crippen molar-refractivity contribution in [1.82, 2.24) is 24.8 Å². The van der Waals surface area contributed by atoms with Crippen molar-refractivity contribution in [2.45, 2.75) is 81.8 Å². The SMILES string of the molecule is CCNC(C)CC(CCSc1cc(C(=O)NSN(C)C)ccc1N)NCc1c(C2=C(Cl)CCC=C2Cl)noc1C1CC1. The molecular weight excluding hydrogens is 611 g/mol. The third-order valence-corrected chi connectivity index (χ3v) is 9.75. The second kappa shape index (κ2) is 15.9. The summed E-state index contributed by atoms with van der Waals surface area (Å²) in [5.74, 6) is 2.06. The maximum absolute atomic E-state index is 12.6. The Balaban J connectivity index is 1.46. The minimum absolute atomic E-state index is 0.145. The summed E-state index contributed by atoms with van der Waals surface area (Å²) >= 11 is 16.2. The van der Waals surface area contributed by atoms with Gasteiger partial charge in [0.05, 0.1) is 0 Å². The molecule has 5 N–H and O–H groups in total. The Hall–Kier alpha value is -1.66. The first-order valence-electron chi connectivity index (χ1n) is 14.5. The van der Waals surface area contributed by atoms with E-state index in [4.69, 9.17) is 33.5 Å². The summed E-state index contributed by atoms with van der Waals surface area (Å²) in [4.78, 5) is 13.5. The number of nitrogens with one attached hydrogen (secondary N) is 3. The van der Waals surface area contributed by atoms with Crippen molar-refractivity contribution in [1.29, 1.82) is 0 Å². The van der Waals surface area contributed by atoms with Gasteiger partial charge in [-0.25, -0.2) is 4.31 Å². The Morgan fingerprint density at radius 1 is 1.26 bits per heavy atom. The zero-order valence-electron chi connectivity index (χ0n) is 24.8. The zero-order chi connectivity index (χ0) is 30.2. The van der Waals surface area contributed by atoms with E-state index in [1.807, 2.05) is 30.5 Å². The van der Waals surface area contributed by atoms with E-state index in [0.717, 1.165) is 83.3 Å². The molecule has 2 atom stereocenters. The highest BCUT2D eigenvalue weighted by Crippen LogP contribution is 2.46. The normalized spacial score (nSPS) is 17.0. The number of carbonyl (C=O) groups excluding carboxylic acids is 1. The van der Waals surface area contributed by atoms with Gasteiger partial charge in [0.15, 0.2) is 0 Å². The van der Waals surface area contributed by atoms with E-state index in [1.165, 1.54) is 12.1 Å². The number of anilines is 1. The second-order valence-corrected chi connectivity index (χ2v) is 14.1. The zero-order valence-corrected chi connectivity index (χ0v) is 27.9. The number of aromatic nitrogens is 1. The van der Waals surface area contributed by atoms with Gasteiger partial charge >= 0.3 is 0 Å². The number of hydrogen-bond acceptors (Lipinski definition) is 9. The van der Waals surface area contributed by atoms with Gasteiger partial charge in [-0.1, -0.05) is 41.4 Å². The Bertz CT molecular complexity index is 1290. The molecule has 12 heteroatoms. The summed E-state index contributed by atoms with van der Waals surface area (Å²) in [5, 5.41) is 13.2. The van der Waals surface area contributed by atoms with Crippen LogP contribution in [0, 0.1) is 0 Å². The van der Waals surface area contributed by atoms with Crippen molar-refractivity contribution in [3.05, 3.63) is 56.9 Å². The molecule has 1 amide bonds. The molecule has 2 aliphatic rings. The lowest BCUT2D eigenvalue weighted by molar-refractivity contribution is 0.0983. The maximum Gasteiger partial charge on any atom is 0.262 e. The number of amides is 1. The summed E-state index contributed by atoms with van der Waals surface area (Å²) in [6.07, 6.45) is 7.69. The number of nitrogen functional groups attached to an aromatic ring is 1. The van der Waals surface area contributed by atoms with Crippen molar-refractivity contribution in [2.24, 2.45) is 0 Å². The van der Waals surface area contributed by atoms with Gasteiger partial charge < -0.3 is 20.9 Å². The van der Waals surface area contributed by atoms with Crippen molar-refractivity contribution in [3.8, 4) is 0 Å². The highest BCUT2D eigenvalue weighted by molar-refractivity contribution is 7.99. The monoisotopic (exact) mass is 652 g/mol. The average Bonchev–Trinajstić information content (AvgIpc) is 3.71. The molecule has 0 saturated heterocycles. The molecule has 2 unspecified atom stereocenters. The molecule has 0 radical (unpaired) electrons. The van der Waals surface area contributed by atoms with Crippen LogP contribution in [0.1, 0.15) is 85.7 Å². The van der Waals surface area contributed by atoms with Crippen LogP contribution in [-0.4, -0.2) is 53.8 Å². The number of hydrogen-bond donors (Lipinski definition) is 4. The highest BCUT2D eigenvalue weighted by Gasteiger charge is 2.34. The van der Waals surface area contributed by atoms with Crippen LogP contribution in [0.5, 0.6) is 0 Å². The predicted molar refractivity (Wildman–Crippen MR) is 178 cm³/mol. The number of nitrogens with zero attached hydrogens (tertiary/aromatic N) is 2. The smallest absolute Gasteiger partial charge is 0.262 e. The van der Waals surface area contributed by atoms with Crippen LogP contribution < -0.4 is 21.1 Å². The molecule has 230 valence electrons. The van der Waals surface area contributed by atoms with E-state index in [1.54, 1.807) is 23.9 Å². The molecule has 1 aromatic carbocycles. The number of nitrogens with two attached hydrogens (primary N) is 1. The molecule has 0 spiro atoms. The Labute approximate surface area is 268 Å². The largest absolute Gasteiger partial charge is 0.398 e. The lowest BCUT2D eigenvalue weighted by Crippen LogP contribution is -2.37. The van der Waals surface area contributed by atoms with Gasteiger partial charge in [-0.2, -0.15) is 0 Å². The van der Waals surface area contributed by atoms with Gasteiger partial charge in [0.25, 0.3) is 5.91 Å². The first-order valence-corrected chi connectivity index (χ1v) is 17.1. The van der Waals surface area contributed by atoms with E-state index in [2.05, 4.69) is 34.4 Å². The number of benzene rings is 1. The van der Waals surface area contributed by atoms with Crippen molar-refractivity contribution in [3.63, 3.8) is 0 Å². The number of thioether (sulfide) groups is 1. The Morgan fingerprint density at radius 3 is 2.74 bits per heavy atom. The second-order valence-electron chi connectivity index (χ2n) is 11.0. The molecule has 1 heterocycles. The van der Waals surface area contributed by atoms with E-state index >= 15 is 0 Å².